The average Bonchev–Trinajstić information content (AvgIpc) is 2.39. The molecule has 0 saturated carbocycles. The molecule has 1 N–H and O–H groups in total. The summed E-state index contributed by atoms with van der Waals surface area (Å²) in [7, 11) is 0. The molecule has 1 unspecified atom stereocenters. The number of amides is 1. The van der Waals surface area contributed by atoms with Crippen LogP contribution in [0.25, 0.3) is 0 Å². The molecule has 1 atom stereocenters. The lowest BCUT2D eigenvalue weighted by molar-refractivity contribution is -0.132. The standard InChI is InChI=1S/C15H21IN2O/c1-11-6-8-18(9-7-11)15(19)12(2)17-14-5-3-4-13(16)10-14/h3-5,10-12,17H,6-9H2,1-2H3. The van der Waals surface area contributed by atoms with Crippen molar-refractivity contribution in [3.63, 3.8) is 0 Å². The zero-order valence-electron chi connectivity index (χ0n) is 11.5. The lowest BCUT2D eigenvalue weighted by Gasteiger charge is -2.32. The summed E-state index contributed by atoms with van der Waals surface area (Å²) in [5, 5.41) is 3.29. The molecule has 1 aromatic rings. The van der Waals surface area contributed by atoms with Crippen LogP contribution < -0.4 is 5.32 Å². The first kappa shape index (κ1) is 14.6. The van der Waals surface area contributed by atoms with E-state index in [-0.39, 0.29) is 11.9 Å². The number of anilines is 1. The van der Waals surface area contributed by atoms with E-state index in [1.165, 1.54) is 3.57 Å². The summed E-state index contributed by atoms with van der Waals surface area (Å²) in [6, 6.07) is 7.95. The van der Waals surface area contributed by atoms with Crippen LogP contribution in [0.1, 0.15) is 26.7 Å². The number of halogens is 1. The van der Waals surface area contributed by atoms with E-state index < -0.39 is 0 Å². The highest BCUT2D eigenvalue weighted by atomic mass is 127. The number of hydrogen-bond acceptors (Lipinski definition) is 2. The summed E-state index contributed by atoms with van der Waals surface area (Å²) >= 11 is 2.28. The predicted molar refractivity (Wildman–Crippen MR) is 87.2 cm³/mol. The lowest BCUT2D eigenvalue weighted by Crippen LogP contribution is -2.45. The number of nitrogens with one attached hydrogen (secondary N) is 1. The predicted octanol–water partition coefficient (Wildman–Crippen LogP) is 3.35. The van der Waals surface area contributed by atoms with Gasteiger partial charge in [-0.25, -0.2) is 0 Å². The third kappa shape index (κ3) is 4.09. The first-order chi connectivity index (χ1) is 9.06. The maximum absolute atomic E-state index is 12.4. The highest BCUT2D eigenvalue weighted by molar-refractivity contribution is 14.1. The van der Waals surface area contributed by atoms with Crippen molar-refractivity contribution in [2.45, 2.75) is 32.7 Å². The Morgan fingerprint density at radius 2 is 2.11 bits per heavy atom. The SMILES string of the molecule is CC1CCN(C(=O)C(C)Nc2cccc(I)c2)CC1. The maximum Gasteiger partial charge on any atom is 0.244 e. The highest BCUT2D eigenvalue weighted by Crippen LogP contribution is 2.18. The van der Waals surface area contributed by atoms with E-state index in [0.29, 0.717) is 0 Å². The van der Waals surface area contributed by atoms with E-state index >= 15 is 0 Å². The lowest BCUT2D eigenvalue weighted by atomic mass is 9.99. The molecule has 0 spiro atoms. The normalized spacial score (nSPS) is 18.2. The summed E-state index contributed by atoms with van der Waals surface area (Å²) in [4.78, 5) is 14.3. The Bertz CT molecular complexity index is 442. The van der Waals surface area contributed by atoms with Gasteiger partial charge in [0, 0.05) is 22.3 Å². The number of piperidine rings is 1. The topological polar surface area (TPSA) is 32.3 Å². The molecular weight excluding hydrogens is 351 g/mol. The largest absolute Gasteiger partial charge is 0.374 e. The van der Waals surface area contributed by atoms with Crippen LogP contribution in [-0.2, 0) is 4.79 Å². The number of likely N-dealkylation sites (tertiary alicyclic amines) is 1. The Labute approximate surface area is 128 Å². The van der Waals surface area contributed by atoms with Gasteiger partial charge in [0.25, 0.3) is 0 Å². The number of hydrogen-bond donors (Lipinski definition) is 1. The van der Waals surface area contributed by atoms with Gasteiger partial charge >= 0.3 is 0 Å². The number of benzene rings is 1. The molecule has 1 aliphatic rings. The molecule has 0 bridgehead atoms. The van der Waals surface area contributed by atoms with E-state index in [9.17, 15) is 4.79 Å². The van der Waals surface area contributed by atoms with Crippen molar-refractivity contribution in [2.24, 2.45) is 5.92 Å². The zero-order valence-corrected chi connectivity index (χ0v) is 13.7. The van der Waals surface area contributed by atoms with Crippen molar-refractivity contribution in [2.75, 3.05) is 18.4 Å². The molecule has 3 nitrogen and oxygen atoms in total. The molecule has 2 rings (SSSR count). The molecule has 1 fully saturated rings. The van der Waals surface area contributed by atoms with E-state index in [2.05, 4.69) is 40.9 Å². The van der Waals surface area contributed by atoms with Gasteiger partial charge in [0.2, 0.25) is 5.91 Å². The summed E-state index contributed by atoms with van der Waals surface area (Å²) in [6.45, 7) is 6.01. The summed E-state index contributed by atoms with van der Waals surface area (Å²) in [6.07, 6.45) is 2.25. The minimum Gasteiger partial charge on any atom is -0.374 e. The number of nitrogens with zero attached hydrogens (tertiary/aromatic N) is 1. The third-order valence-electron chi connectivity index (χ3n) is 3.67. The monoisotopic (exact) mass is 372 g/mol. The number of rotatable bonds is 3. The molecule has 1 amide bonds. The molecule has 19 heavy (non-hydrogen) atoms. The van der Waals surface area contributed by atoms with E-state index in [1.54, 1.807) is 0 Å². The Morgan fingerprint density at radius 1 is 1.42 bits per heavy atom. The van der Waals surface area contributed by atoms with Crippen molar-refractivity contribution >= 4 is 34.2 Å². The fourth-order valence-electron chi connectivity index (χ4n) is 2.39. The van der Waals surface area contributed by atoms with Gasteiger partial charge < -0.3 is 10.2 Å². The summed E-state index contributed by atoms with van der Waals surface area (Å²) < 4.78 is 1.18. The van der Waals surface area contributed by atoms with Gasteiger partial charge in [0.15, 0.2) is 0 Å². The minimum absolute atomic E-state index is 0.161. The first-order valence-electron chi connectivity index (χ1n) is 6.87. The van der Waals surface area contributed by atoms with Crippen LogP contribution in [0.2, 0.25) is 0 Å². The molecule has 1 saturated heterocycles. The molecular formula is C15H21IN2O. The first-order valence-corrected chi connectivity index (χ1v) is 7.95. The molecule has 1 heterocycles. The van der Waals surface area contributed by atoms with Crippen molar-refractivity contribution < 1.29 is 4.79 Å². The fraction of sp³-hybridized carbons (Fsp3) is 0.533. The number of carbonyl (C=O) groups is 1. The van der Waals surface area contributed by atoms with Gasteiger partial charge in [-0.05, 0) is 66.5 Å². The van der Waals surface area contributed by atoms with Crippen LogP contribution >= 0.6 is 22.6 Å². The van der Waals surface area contributed by atoms with Gasteiger partial charge in [0.05, 0.1) is 0 Å². The maximum atomic E-state index is 12.4. The molecule has 1 aromatic carbocycles. The highest BCUT2D eigenvalue weighted by Gasteiger charge is 2.24. The summed E-state index contributed by atoms with van der Waals surface area (Å²) in [5.41, 5.74) is 1.01. The van der Waals surface area contributed by atoms with Crippen molar-refractivity contribution in [1.29, 1.82) is 0 Å². The van der Waals surface area contributed by atoms with Crippen molar-refractivity contribution in [3.05, 3.63) is 27.8 Å². The minimum atomic E-state index is -0.161. The average molecular weight is 372 g/mol. The van der Waals surface area contributed by atoms with Crippen molar-refractivity contribution in [3.8, 4) is 0 Å². The van der Waals surface area contributed by atoms with Crippen molar-refractivity contribution in [1.82, 2.24) is 4.90 Å². The molecule has 0 aromatic heterocycles. The fourth-order valence-corrected chi connectivity index (χ4v) is 2.94. The second kappa shape index (κ2) is 6.59. The van der Waals surface area contributed by atoms with E-state index in [4.69, 9.17) is 0 Å². The second-order valence-corrected chi connectivity index (χ2v) is 6.63. The molecule has 1 aliphatic heterocycles. The van der Waals surface area contributed by atoms with Crippen LogP contribution in [0.15, 0.2) is 24.3 Å². The van der Waals surface area contributed by atoms with Crippen LogP contribution in [-0.4, -0.2) is 29.9 Å². The quantitative estimate of drug-likeness (QED) is 0.826. The van der Waals surface area contributed by atoms with Gasteiger partial charge in [-0.2, -0.15) is 0 Å². The molecule has 0 radical (unpaired) electrons. The van der Waals surface area contributed by atoms with E-state index in [0.717, 1.165) is 37.5 Å². The Morgan fingerprint density at radius 3 is 2.74 bits per heavy atom. The molecule has 0 aliphatic carbocycles. The molecule has 104 valence electrons. The smallest absolute Gasteiger partial charge is 0.244 e. The van der Waals surface area contributed by atoms with Crippen LogP contribution in [0.5, 0.6) is 0 Å². The second-order valence-electron chi connectivity index (χ2n) is 5.38. The van der Waals surface area contributed by atoms with E-state index in [1.807, 2.05) is 30.0 Å². The van der Waals surface area contributed by atoms with Gasteiger partial charge in [-0.3, -0.25) is 4.79 Å². The number of carbonyl (C=O) groups excluding carboxylic acids is 1. The Hall–Kier alpha value is -0.780. The van der Waals surface area contributed by atoms with Crippen LogP contribution in [0.3, 0.4) is 0 Å². The van der Waals surface area contributed by atoms with Gasteiger partial charge in [-0.1, -0.05) is 13.0 Å². The van der Waals surface area contributed by atoms with Crippen LogP contribution in [0, 0.1) is 9.49 Å². The Kier molecular flexibility index (Phi) is 5.07. The Balaban J connectivity index is 1.92. The summed E-state index contributed by atoms with van der Waals surface area (Å²) in [5.74, 6) is 0.966. The third-order valence-corrected chi connectivity index (χ3v) is 4.34. The van der Waals surface area contributed by atoms with Gasteiger partial charge in [-0.15, -0.1) is 0 Å². The van der Waals surface area contributed by atoms with Gasteiger partial charge in [0.1, 0.15) is 6.04 Å². The molecule has 4 heteroatoms. The van der Waals surface area contributed by atoms with Crippen LogP contribution in [0.4, 0.5) is 5.69 Å². The zero-order chi connectivity index (χ0) is 13.8.